The summed E-state index contributed by atoms with van der Waals surface area (Å²) < 4.78 is 14.3. The number of aromatic nitrogens is 1. The first-order chi connectivity index (χ1) is 17.6. The zero-order chi connectivity index (χ0) is 27.0. The number of nitrogens with zero attached hydrogens (tertiary/aromatic N) is 1. The van der Waals surface area contributed by atoms with Crippen molar-refractivity contribution in [2.45, 2.75) is 60.6 Å². The third-order valence-electron chi connectivity index (χ3n) is 6.27. The van der Waals surface area contributed by atoms with Crippen molar-refractivity contribution < 1.29 is 4.39 Å². The fraction of sp³-hybridized carbons (Fsp3) is 0.250. The minimum absolute atomic E-state index is 0. The number of rotatable bonds is 8. The Hall–Kier alpha value is -3.98. The molecular weight excluding hydrogens is 479 g/mol. The van der Waals surface area contributed by atoms with Crippen LogP contribution in [0.15, 0.2) is 98.6 Å². The standard InChI is InChI=1S/C22H21FN2.C12H16.2CH4/c1-5-15-13-21(14(2)24)25-20-10-9-17(12-19(15)20)16-7-6-8-18(11-16)22(3,4)23;1-3-4-5-6-12-9-7-11(2)8-10-12;;/h5-13H,1-2,24H2,3-4H3;3,7-10H,1,4-6H2,2H3;2*1H4. The number of pyridine rings is 1. The van der Waals surface area contributed by atoms with Gasteiger partial charge >= 0.3 is 0 Å². The lowest BCUT2D eigenvalue weighted by atomic mass is 9.94. The van der Waals surface area contributed by atoms with Gasteiger partial charge in [-0.1, -0.05) is 94.3 Å². The third kappa shape index (κ3) is 9.07. The van der Waals surface area contributed by atoms with Crippen molar-refractivity contribution in [3.05, 3.63) is 127 Å². The van der Waals surface area contributed by atoms with Crippen molar-refractivity contribution in [2.24, 2.45) is 5.73 Å². The number of hydrogen-bond acceptors (Lipinski definition) is 2. The Bertz CT molecular complexity index is 1390. The van der Waals surface area contributed by atoms with Crippen molar-refractivity contribution in [2.75, 3.05) is 0 Å². The first-order valence-corrected chi connectivity index (χ1v) is 12.6. The van der Waals surface area contributed by atoms with Crippen LogP contribution in [0.1, 0.15) is 69.5 Å². The SMILES string of the molecule is C.C.C=CCCCc1ccc(C)cc1.C=Cc1cc(C(=C)N)nc2ccc(-c3cccc(C(C)(C)F)c3)cc12. The number of nitrogens with two attached hydrogens (primary N) is 1. The summed E-state index contributed by atoms with van der Waals surface area (Å²) in [7, 11) is 0. The summed E-state index contributed by atoms with van der Waals surface area (Å²) in [6.45, 7) is 16.6. The van der Waals surface area contributed by atoms with E-state index in [1.54, 1.807) is 26.0 Å². The summed E-state index contributed by atoms with van der Waals surface area (Å²) in [5.41, 5.74) is 12.6. The van der Waals surface area contributed by atoms with E-state index in [2.05, 4.69) is 55.9 Å². The van der Waals surface area contributed by atoms with E-state index >= 15 is 0 Å². The Kier molecular flexibility index (Phi) is 12.6. The molecule has 1 aromatic heterocycles. The van der Waals surface area contributed by atoms with E-state index in [-0.39, 0.29) is 14.9 Å². The predicted octanol–water partition coefficient (Wildman–Crippen LogP) is 10.5. The van der Waals surface area contributed by atoms with Gasteiger partial charge in [-0.2, -0.15) is 0 Å². The lowest BCUT2D eigenvalue weighted by Crippen LogP contribution is -2.08. The molecule has 0 unspecified atom stereocenters. The largest absolute Gasteiger partial charge is 0.397 e. The number of hydrogen-bond donors (Lipinski definition) is 1. The monoisotopic (exact) mass is 524 g/mol. The van der Waals surface area contributed by atoms with Gasteiger partial charge in [-0.3, -0.25) is 0 Å². The van der Waals surface area contributed by atoms with E-state index in [9.17, 15) is 4.39 Å². The van der Waals surface area contributed by atoms with Gasteiger partial charge in [0, 0.05) is 5.39 Å². The number of halogens is 1. The van der Waals surface area contributed by atoms with Crippen LogP contribution < -0.4 is 5.73 Å². The smallest absolute Gasteiger partial charge is 0.130 e. The van der Waals surface area contributed by atoms with Crippen LogP contribution in [0.2, 0.25) is 0 Å². The second-order valence-corrected chi connectivity index (χ2v) is 9.78. The van der Waals surface area contributed by atoms with Crippen molar-refractivity contribution in [1.82, 2.24) is 4.98 Å². The van der Waals surface area contributed by atoms with Gasteiger partial charge in [-0.05, 0) is 92.1 Å². The van der Waals surface area contributed by atoms with Crippen LogP contribution >= 0.6 is 0 Å². The Morgan fingerprint density at radius 1 is 0.949 bits per heavy atom. The van der Waals surface area contributed by atoms with Gasteiger partial charge in [0.15, 0.2) is 0 Å². The topological polar surface area (TPSA) is 38.9 Å². The maximum Gasteiger partial charge on any atom is 0.130 e. The lowest BCUT2D eigenvalue weighted by molar-refractivity contribution is 0.221. The number of allylic oxidation sites excluding steroid dienone is 1. The molecule has 0 atom stereocenters. The lowest BCUT2D eigenvalue weighted by Gasteiger charge is -2.16. The number of benzene rings is 3. The van der Waals surface area contributed by atoms with Gasteiger partial charge in [0.1, 0.15) is 5.67 Å². The number of fused-ring (bicyclic) bond motifs is 1. The third-order valence-corrected chi connectivity index (χ3v) is 6.27. The van der Waals surface area contributed by atoms with Crippen LogP contribution in [0.25, 0.3) is 33.8 Å². The second kappa shape index (κ2) is 14.8. The fourth-order valence-corrected chi connectivity index (χ4v) is 4.04. The molecule has 0 bridgehead atoms. The zero-order valence-electron chi connectivity index (χ0n) is 22.2. The molecule has 0 aliphatic rings. The number of unbranched alkanes of at least 4 members (excludes halogenated alkanes) is 1. The minimum atomic E-state index is -1.38. The molecule has 0 aliphatic heterocycles. The molecule has 0 radical (unpaired) electrons. The second-order valence-electron chi connectivity index (χ2n) is 9.78. The number of alkyl halides is 1. The zero-order valence-corrected chi connectivity index (χ0v) is 22.2. The Labute approximate surface area is 235 Å². The highest BCUT2D eigenvalue weighted by atomic mass is 19.1. The molecule has 0 saturated heterocycles. The van der Waals surface area contributed by atoms with Gasteiger partial charge < -0.3 is 5.73 Å². The summed E-state index contributed by atoms with van der Waals surface area (Å²) in [4.78, 5) is 4.54. The van der Waals surface area contributed by atoms with Gasteiger partial charge in [-0.25, -0.2) is 9.37 Å². The molecule has 0 saturated carbocycles. The van der Waals surface area contributed by atoms with Crippen LogP contribution in [0.3, 0.4) is 0 Å². The van der Waals surface area contributed by atoms with E-state index in [4.69, 9.17) is 5.73 Å². The maximum absolute atomic E-state index is 14.3. The van der Waals surface area contributed by atoms with Crippen LogP contribution in [-0.4, -0.2) is 4.98 Å². The van der Waals surface area contributed by atoms with Crippen LogP contribution in [-0.2, 0) is 12.1 Å². The van der Waals surface area contributed by atoms with E-state index in [0.29, 0.717) is 17.0 Å². The van der Waals surface area contributed by atoms with Gasteiger partial charge in [0.2, 0.25) is 0 Å². The summed E-state index contributed by atoms with van der Waals surface area (Å²) >= 11 is 0. The molecule has 0 aliphatic carbocycles. The number of aryl methyl sites for hydroxylation is 2. The molecule has 39 heavy (non-hydrogen) atoms. The van der Waals surface area contributed by atoms with Crippen molar-refractivity contribution in [1.29, 1.82) is 0 Å². The fourth-order valence-electron chi connectivity index (χ4n) is 4.04. The van der Waals surface area contributed by atoms with E-state index in [0.717, 1.165) is 34.0 Å². The average molecular weight is 525 g/mol. The predicted molar refractivity (Wildman–Crippen MR) is 172 cm³/mol. The Morgan fingerprint density at radius 2 is 1.62 bits per heavy atom. The highest BCUT2D eigenvalue weighted by molar-refractivity contribution is 5.92. The average Bonchev–Trinajstić information content (AvgIpc) is 2.89. The van der Waals surface area contributed by atoms with Crippen LogP contribution in [0, 0.1) is 6.92 Å². The molecule has 0 spiro atoms. The maximum atomic E-state index is 14.3. The van der Waals surface area contributed by atoms with Gasteiger partial charge in [0.25, 0.3) is 0 Å². The normalized spacial score (nSPS) is 10.4. The molecule has 2 nitrogen and oxygen atoms in total. The van der Waals surface area contributed by atoms with E-state index < -0.39 is 5.67 Å². The quantitative estimate of drug-likeness (QED) is 0.184. The summed E-state index contributed by atoms with van der Waals surface area (Å²) in [6.07, 6.45) is 7.27. The molecular formula is C36H45FN2. The Morgan fingerprint density at radius 3 is 2.21 bits per heavy atom. The highest BCUT2D eigenvalue weighted by Gasteiger charge is 2.19. The highest BCUT2D eigenvalue weighted by Crippen LogP contribution is 2.31. The molecule has 4 rings (SSSR count). The van der Waals surface area contributed by atoms with Gasteiger partial charge in [0.05, 0.1) is 16.9 Å². The van der Waals surface area contributed by atoms with E-state index in [1.165, 1.54) is 24.0 Å². The van der Waals surface area contributed by atoms with Crippen molar-refractivity contribution >= 4 is 22.7 Å². The van der Waals surface area contributed by atoms with Crippen LogP contribution in [0.5, 0.6) is 0 Å². The molecule has 1 heterocycles. The molecule has 2 N–H and O–H groups in total. The molecule has 206 valence electrons. The van der Waals surface area contributed by atoms with E-state index in [1.807, 2.05) is 48.5 Å². The molecule has 4 aromatic rings. The molecule has 3 aromatic carbocycles. The summed E-state index contributed by atoms with van der Waals surface area (Å²) in [6, 6.07) is 24.2. The first-order valence-electron chi connectivity index (χ1n) is 12.6. The molecule has 0 fully saturated rings. The molecule has 3 heteroatoms. The minimum Gasteiger partial charge on any atom is -0.397 e. The van der Waals surface area contributed by atoms with Crippen molar-refractivity contribution in [3.8, 4) is 11.1 Å². The summed E-state index contributed by atoms with van der Waals surface area (Å²) in [5, 5.41) is 0.974. The first kappa shape index (κ1) is 33.0. The molecule has 0 amide bonds. The summed E-state index contributed by atoms with van der Waals surface area (Å²) in [5.74, 6) is 0. The van der Waals surface area contributed by atoms with Crippen molar-refractivity contribution in [3.63, 3.8) is 0 Å². The van der Waals surface area contributed by atoms with Crippen LogP contribution in [0.4, 0.5) is 4.39 Å². The van der Waals surface area contributed by atoms with Gasteiger partial charge in [-0.15, -0.1) is 6.58 Å². The Balaban J connectivity index is 0.000000463.